The summed E-state index contributed by atoms with van der Waals surface area (Å²) >= 11 is 0. The Bertz CT molecular complexity index is 240. The van der Waals surface area contributed by atoms with Crippen LogP contribution in [-0.4, -0.2) is 8.07 Å². The third kappa shape index (κ3) is 9.73. The van der Waals surface area contributed by atoms with Crippen LogP contribution in [0.3, 0.4) is 0 Å². The molecule has 0 radical (unpaired) electrons. The van der Waals surface area contributed by atoms with Gasteiger partial charge in [0.25, 0.3) is 0 Å². The summed E-state index contributed by atoms with van der Waals surface area (Å²) in [6, 6.07) is 10.6. The lowest BCUT2D eigenvalue weighted by atomic mass is 9.99. The normalized spacial score (nSPS) is 12.7. The van der Waals surface area contributed by atoms with Crippen molar-refractivity contribution in [3.05, 3.63) is 35.9 Å². The molecule has 1 rings (SSSR count). The largest absolute Gasteiger partial charge is 0.0697 e. The number of hydrogen-bond acceptors (Lipinski definition) is 0. The Morgan fingerprint density at radius 3 is 1.73 bits per heavy atom. The summed E-state index contributed by atoms with van der Waals surface area (Å²) < 4.78 is 0. The van der Waals surface area contributed by atoms with Crippen LogP contribution in [0.2, 0.25) is 26.2 Å². The highest BCUT2D eigenvalue weighted by atomic mass is 28.3. The van der Waals surface area contributed by atoms with E-state index in [-0.39, 0.29) is 0 Å². The molecule has 15 heavy (non-hydrogen) atoms. The molecule has 1 heteroatoms. The second kappa shape index (κ2) is 6.84. The van der Waals surface area contributed by atoms with Gasteiger partial charge in [-0.3, -0.25) is 0 Å². The first kappa shape index (κ1) is 14.4. The van der Waals surface area contributed by atoms with Gasteiger partial charge in [-0.1, -0.05) is 70.4 Å². The molecular formula is C14H26Si. The molecule has 0 aliphatic carbocycles. The molecule has 0 aliphatic rings. The SMILES string of the molecule is CCC(C)c1ccccc1.C[Si](C)(C)C. The van der Waals surface area contributed by atoms with Crippen LogP contribution in [-0.2, 0) is 0 Å². The van der Waals surface area contributed by atoms with Gasteiger partial charge in [-0.15, -0.1) is 0 Å². The van der Waals surface area contributed by atoms with E-state index in [1.54, 1.807) is 0 Å². The van der Waals surface area contributed by atoms with Crippen molar-refractivity contribution >= 4 is 8.07 Å². The van der Waals surface area contributed by atoms with Gasteiger partial charge in [0.1, 0.15) is 0 Å². The fourth-order valence-corrected chi connectivity index (χ4v) is 1.02. The van der Waals surface area contributed by atoms with Gasteiger partial charge in [0.05, 0.1) is 0 Å². The summed E-state index contributed by atoms with van der Waals surface area (Å²) in [5.74, 6) is 0.709. The zero-order valence-electron chi connectivity index (χ0n) is 11.2. The lowest BCUT2D eigenvalue weighted by Gasteiger charge is -2.06. The van der Waals surface area contributed by atoms with Gasteiger partial charge < -0.3 is 0 Å². The molecule has 0 saturated carbocycles. The fourth-order valence-electron chi connectivity index (χ4n) is 1.02. The predicted octanol–water partition coefficient (Wildman–Crippen LogP) is 5.15. The van der Waals surface area contributed by atoms with Gasteiger partial charge in [0, 0.05) is 8.07 Å². The average molecular weight is 222 g/mol. The van der Waals surface area contributed by atoms with E-state index in [1.807, 2.05) is 0 Å². The Morgan fingerprint density at radius 2 is 1.40 bits per heavy atom. The first-order valence-corrected chi connectivity index (χ1v) is 9.89. The van der Waals surface area contributed by atoms with E-state index >= 15 is 0 Å². The van der Waals surface area contributed by atoms with Gasteiger partial charge >= 0.3 is 0 Å². The maximum atomic E-state index is 2.33. The van der Waals surface area contributed by atoms with Gasteiger partial charge in [-0.25, -0.2) is 0 Å². The maximum Gasteiger partial charge on any atom is 0.0411 e. The zero-order valence-corrected chi connectivity index (χ0v) is 12.2. The summed E-state index contributed by atoms with van der Waals surface area (Å²) in [6.45, 7) is 13.8. The van der Waals surface area contributed by atoms with Gasteiger partial charge in [-0.05, 0) is 17.9 Å². The standard InChI is InChI=1S/C10H14.C4H12Si/c1-3-9(2)10-7-5-4-6-8-10;1-5(2,3)4/h4-9H,3H2,1-2H3;1-4H3. The molecule has 1 aromatic rings. The van der Waals surface area contributed by atoms with Crippen LogP contribution in [0, 0.1) is 0 Å². The Kier molecular flexibility index (Phi) is 6.58. The van der Waals surface area contributed by atoms with E-state index in [0.717, 1.165) is 0 Å². The molecule has 0 aromatic heterocycles. The Balaban J connectivity index is 0.000000336. The Hall–Kier alpha value is -0.563. The third-order valence-electron chi connectivity index (χ3n) is 1.98. The zero-order chi connectivity index (χ0) is 11.9. The van der Waals surface area contributed by atoms with Crippen LogP contribution in [0.15, 0.2) is 30.3 Å². The molecule has 0 spiro atoms. The van der Waals surface area contributed by atoms with Crippen molar-refractivity contribution in [1.29, 1.82) is 0 Å². The van der Waals surface area contributed by atoms with Crippen molar-refractivity contribution in [1.82, 2.24) is 0 Å². The van der Waals surface area contributed by atoms with E-state index in [1.165, 1.54) is 12.0 Å². The van der Waals surface area contributed by atoms with E-state index in [0.29, 0.717) is 5.92 Å². The van der Waals surface area contributed by atoms with Gasteiger partial charge in [0.15, 0.2) is 0 Å². The fraction of sp³-hybridized carbons (Fsp3) is 0.571. The minimum absolute atomic E-state index is 0.611. The number of hydrogen-bond donors (Lipinski definition) is 0. The summed E-state index contributed by atoms with van der Waals surface area (Å²) in [6.07, 6.45) is 1.23. The highest BCUT2D eigenvalue weighted by Gasteiger charge is 1.99. The lowest BCUT2D eigenvalue weighted by molar-refractivity contribution is 0.733. The first-order valence-electron chi connectivity index (χ1n) is 5.89. The van der Waals surface area contributed by atoms with Crippen LogP contribution in [0.5, 0.6) is 0 Å². The van der Waals surface area contributed by atoms with Crippen molar-refractivity contribution in [2.45, 2.75) is 52.4 Å². The van der Waals surface area contributed by atoms with Crippen LogP contribution in [0.25, 0.3) is 0 Å². The molecule has 0 fully saturated rings. The molecule has 86 valence electrons. The first-order chi connectivity index (χ1) is 6.84. The smallest absolute Gasteiger partial charge is 0.0411 e. The molecule has 0 saturated heterocycles. The molecular weight excluding hydrogens is 196 g/mol. The summed E-state index contributed by atoms with van der Waals surface area (Å²) in [5, 5.41) is 0. The van der Waals surface area contributed by atoms with Crippen molar-refractivity contribution in [3.8, 4) is 0 Å². The monoisotopic (exact) mass is 222 g/mol. The number of rotatable bonds is 2. The highest BCUT2D eigenvalue weighted by molar-refractivity contribution is 6.74. The summed E-state index contributed by atoms with van der Waals surface area (Å²) in [7, 11) is -0.611. The van der Waals surface area contributed by atoms with Crippen molar-refractivity contribution in [3.63, 3.8) is 0 Å². The van der Waals surface area contributed by atoms with Crippen molar-refractivity contribution in [2.24, 2.45) is 0 Å². The Labute approximate surface area is 96.7 Å². The topological polar surface area (TPSA) is 0 Å². The molecule has 0 aliphatic heterocycles. The predicted molar refractivity (Wildman–Crippen MR) is 74.4 cm³/mol. The molecule has 1 aromatic carbocycles. The average Bonchev–Trinajstić information content (AvgIpc) is 2.15. The van der Waals surface area contributed by atoms with Crippen LogP contribution in [0.4, 0.5) is 0 Å². The van der Waals surface area contributed by atoms with E-state index in [4.69, 9.17) is 0 Å². The molecule has 1 atom stereocenters. The second-order valence-corrected chi connectivity index (χ2v) is 11.7. The van der Waals surface area contributed by atoms with Crippen molar-refractivity contribution < 1.29 is 0 Å². The lowest BCUT2D eigenvalue weighted by Crippen LogP contribution is -2.10. The molecule has 1 unspecified atom stereocenters. The van der Waals surface area contributed by atoms with E-state index in [9.17, 15) is 0 Å². The number of benzene rings is 1. The van der Waals surface area contributed by atoms with Gasteiger partial charge in [-0.2, -0.15) is 0 Å². The van der Waals surface area contributed by atoms with Crippen LogP contribution in [0.1, 0.15) is 31.7 Å². The summed E-state index contributed by atoms with van der Waals surface area (Å²) in [5.41, 5.74) is 1.45. The second-order valence-electron chi connectivity index (χ2n) is 5.72. The molecule has 0 nitrogen and oxygen atoms in total. The van der Waals surface area contributed by atoms with Crippen molar-refractivity contribution in [2.75, 3.05) is 0 Å². The molecule has 0 amide bonds. The highest BCUT2D eigenvalue weighted by Crippen LogP contribution is 2.16. The minimum Gasteiger partial charge on any atom is -0.0697 e. The van der Waals surface area contributed by atoms with Crippen LogP contribution < -0.4 is 0 Å². The molecule has 0 heterocycles. The van der Waals surface area contributed by atoms with E-state index in [2.05, 4.69) is 70.4 Å². The van der Waals surface area contributed by atoms with Gasteiger partial charge in [0.2, 0.25) is 0 Å². The third-order valence-corrected chi connectivity index (χ3v) is 1.98. The summed E-state index contributed by atoms with van der Waals surface area (Å²) in [4.78, 5) is 0. The quantitative estimate of drug-likeness (QED) is 0.607. The van der Waals surface area contributed by atoms with Crippen LogP contribution >= 0.6 is 0 Å². The minimum atomic E-state index is -0.611. The van der Waals surface area contributed by atoms with E-state index < -0.39 is 8.07 Å². The molecule has 0 N–H and O–H groups in total. The Morgan fingerprint density at radius 1 is 1.00 bits per heavy atom. The molecule has 0 bridgehead atoms. The maximum absolute atomic E-state index is 2.33.